The van der Waals surface area contributed by atoms with Crippen LogP contribution >= 0.6 is 0 Å². The van der Waals surface area contributed by atoms with Crippen LogP contribution in [-0.2, 0) is 6.42 Å². The van der Waals surface area contributed by atoms with Crippen LogP contribution in [0.15, 0.2) is 24.8 Å². The second-order valence-corrected chi connectivity index (χ2v) is 4.15. The second-order valence-electron chi connectivity index (χ2n) is 4.15. The molecule has 0 aliphatic carbocycles. The maximum atomic E-state index is 13.0. The number of halogens is 1. The molecule has 0 aromatic carbocycles. The lowest BCUT2D eigenvalue weighted by atomic mass is 10.1. The fourth-order valence-corrected chi connectivity index (χ4v) is 1.71. The molecule has 1 atom stereocenters. The predicted octanol–water partition coefficient (Wildman–Crippen LogP) is 1.62. The molecule has 0 saturated heterocycles. The molecule has 18 heavy (non-hydrogen) atoms. The number of H-pyrrole nitrogens is 1. The lowest BCUT2D eigenvalue weighted by Gasteiger charge is -2.13. The molecule has 2 rings (SSSR count). The minimum atomic E-state index is -0.303. The van der Waals surface area contributed by atoms with E-state index < -0.39 is 0 Å². The van der Waals surface area contributed by atoms with Gasteiger partial charge in [0.05, 0.1) is 6.20 Å². The number of rotatable bonds is 6. The molecule has 0 saturated carbocycles. The van der Waals surface area contributed by atoms with Gasteiger partial charge in [-0.1, -0.05) is 0 Å². The molecule has 0 radical (unpaired) electrons. The van der Waals surface area contributed by atoms with E-state index in [1.807, 2.05) is 6.92 Å². The van der Waals surface area contributed by atoms with Crippen molar-refractivity contribution in [3.8, 4) is 0 Å². The van der Waals surface area contributed by atoms with Crippen molar-refractivity contribution in [2.75, 3.05) is 6.54 Å². The Morgan fingerprint density at radius 1 is 1.44 bits per heavy atom. The van der Waals surface area contributed by atoms with E-state index in [1.165, 1.54) is 18.6 Å². The summed E-state index contributed by atoms with van der Waals surface area (Å²) in [6.45, 7) is 2.82. The topological polar surface area (TPSA) is 66.5 Å². The van der Waals surface area contributed by atoms with Gasteiger partial charge in [0, 0.05) is 18.7 Å². The number of nitrogens with one attached hydrogen (secondary N) is 2. The average molecular weight is 249 g/mol. The zero-order valence-corrected chi connectivity index (χ0v) is 10.2. The summed E-state index contributed by atoms with van der Waals surface area (Å²) in [4.78, 5) is 7.88. The van der Waals surface area contributed by atoms with Crippen LogP contribution in [-0.4, -0.2) is 26.7 Å². The van der Waals surface area contributed by atoms with Gasteiger partial charge in [-0.05, 0) is 31.5 Å². The van der Waals surface area contributed by atoms with E-state index in [0.29, 0.717) is 0 Å². The van der Waals surface area contributed by atoms with Gasteiger partial charge in [0.2, 0.25) is 0 Å². The van der Waals surface area contributed by atoms with Crippen molar-refractivity contribution in [3.63, 3.8) is 0 Å². The second kappa shape index (κ2) is 6.20. The molecule has 2 aromatic heterocycles. The van der Waals surface area contributed by atoms with Crippen LogP contribution < -0.4 is 5.32 Å². The Kier molecular flexibility index (Phi) is 4.35. The van der Waals surface area contributed by atoms with Crippen molar-refractivity contribution >= 4 is 0 Å². The van der Waals surface area contributed by atoms with Crippen LogP contribution in [0.5, 0.6) is 0 Å². The summed E-state index contributed by atoms with van der Waals surface area (Å²) in [5.41, 5.74) is 0.856. The number of aromatic amines is 1. The summed E-state index contributed by atoms with van der Waals surface area (Å²) in [5.74, 6) is 0.583. The van der Waals surface area contributed by atoms with Crippen LogP contribution in [0, 0.1) is 5.82 Å². The Morgan fingerprint density at radius 3 is 3.06 bits per heavy atom. The quantitative estimate of drug-likeness (QED) is 0.763. The van der Waals surface area contributed by atoms with Crippen LogP contribution in [0.1, 0.15) is 30.8 Å². The summed E-state index contributed by atoms with van der Waals surface area (Å²) in [6, 6.07) is 1.59. The third kappa shape index (κ3) is 3.59. The lowest BCUT2D eigenvalue weighted by Crippen LogP contribution is -2.20. The Morgan fingerprint density at radius 2 is 2.33 bits per heavy atom. The van der Waals surface area contributed by atoms with Gasteiger partial charge in [0.25, 0.3) is 0 Å². The van der Waals surface area contributed by atoms with E-state index in [9.17, 15) is 4.39 Å². The fraction of sp³-hybridized carbons (Fsp3) is 0.417. The Bertz CT molecular complexity index is 471. The highest BCUT2D eigenvalue weighted by Gasteiger charge is 2.06. The molecule has 0 bridgehead atoms. The molecule has 2 N–H and O–H groups in total. The standard InChI is InChI=1S/C12H16FN5/c1-9(10-5-11(13)7-14-6-10)15-4-2-3-12-16-8-17-18-12/h5-9,15H,2-4H2,1H3,(H,16,17,18). The number of pyridine rings is 1. The smallest absolute Gasteiger partial charge is 0.141 e. The van der Waals surface area contributed by atoms with E-state index in [-0.39, 0.29) is 11.9 Å². The maximum absolute atomic E-state index is 13.0. The first-order valence-corrected chi connectivity index (χ1v) is 5.94. The van der Waals surface area contributed by atoms with E-state index in [2.05, 4.69) is 25.5 Å². The Hall–Kier alpha value is -1.82. The Labute approximate surface area is 105 Å². The van der Waals surface area contributed by atoms with Crippen molar-refractivity contribution in [1.82, 2.24) is 25.5 Å². The monoisotopic (exact) mass is 249 g/mol. The first kappa shape index (κ1) is 12.6. The summed E-state index contributed by atoms with van der Waals surface area (Å²) in [5, 5.41) is 9.92. The van der Waals surface area contributed by atoms with Crippen molar-refractivity contribution in [1.29, 1.82) is 0 Å². The number of hydrogen-bond donors (Lipinski definition) is 2. The lowest BCUT2D eigenvalue weighted by molar-refractivity contribution is 0.545. The molecular formula is C12H16FN5. The molecule has 0 aliphatic heterocycles. The van der Waals surface area contributed by atoms with Crippen LogP contribution in [0.4, 0.5) is 4.39 Å². The minimum Gasteiger partial charge on any atom is -0.310 e. The van der Waals surface area contributed by atoms with Gasteiger partial charge in [-0.3, -0.25) is 10.1 Å². The first-order chi connectivity index (χ1) is 8.75. The van der Waals surface area contributed by atoms with Gasteiger partial charge in [0.1, 0.15) is 18.0 Å². The van der Waals surface area contributed by atoms with Gasteiger partial charge < -0.3 is 5.32 Å². The molecule has 0 aliphatic rings. The van der Waals surface area contributed by atoms with Crippen molar-refractivity contribution in [2.24, 2.45) is 0 Å². The molecular weight excluding hydrogens is 233 g/mol. The van der Waals surface area contributed by atoms with Crippen LogP contribution in [0.3, 0.4) is 0 Å². The molecule has 2 heterocycles. The molecule has 1 unspecified atom stereocenters. The summed E-state index contributed by atoms with van der Waals surface area (Å²) >= 11 is 0. The van der Waals surface area contributed by atoms with E-state index in [1.54, 1.807) is 6.20 Å². The molecule has 0 amide bonds. The zero-order valence-electron chi connectivity index (χ0n) is 10.2. The highest BCUT2D eigenvalue weighted by atomic mass is 19.1. The predicted molar refractivity (Wildman–Crippen MR) is 65.3 cm³/mol. The van der Waals surface area contributed by atoms with E-state index in [0.717, 1.165) is 30.8 Å². The first-order valence-electron chi connectivity index (χ1n) is 5.94. The van der Waals surface area contributed by atoms with Gasteiger partial charge in [-0.2, -0.15) is 5.10 Å². The summed E-state index contributed by atoms with van der Waals surface area (Å²) in [6.07, 6.45) is 6.19. The highest BCUT2D eigenvalue weighted by molar-refractivity contribution is 5.14. The minimum absolute atomic E-state index is 0.0860. The van der Waals surface area contributed by atoms with Crippen molar-refractivity contribution < 1.29 is 4.39 Å². The molecule has 0 spiro atoms. The zero-order chi connectivity index (χ0) is 12.8. The largest absolute Gasteiger partial charge is 0.310 e. The molecule has 0 fully saturated rings. The normalized spacial score (nSPS) is 12.6. The van der Waals surface area contributed by atoms with Crippen molar-refractivity contribution in [2.45, 2.75) is 25.8 Å². The SMILES string of the molecule is CC(NCCCc1ncn[nH]1)c1cncc(F)c1. The Balaban J connectivity index is 1.73. The third-order valence-corrected chi connectivity index (χ3v) is 2.73. The highest BCUT2D eigenvalue weighted by Crippen LogP contribution is 2.11. The maximum Gasteiger partial charge on any atom is 0.141 e. The van der Waals surface area contributed by atoms with E-state index in [4.69, 9.17) is 0 Å². The third-order valence-electron chi connectivity index (χ3n) is 2.73. The molecule has 5 nitrogen and oxygen atoms in total. The summed E-state index contributed by atoms with van der Waals surface area (Å²) in [7, 11) is 0. The number of nitrogens with zero attached hydrogens (tertiary/aromatic N) is 3. The van der Waals surface area contributed by atoms with Crippen LogP contribution in [0.25, 0.3) is 0 Å². The number of aromatic nitrogens is 4. The van der Waals surface area contributed by atoms with E-state index >= 15 is 0 Å². The van der Waals surface area contributed by atoms with Gasteiger partial charge in [-0.15, -0.1) is 0 Å². The molecule has 96 valence electrons. The van der Waals surface area contributed by atoms with Gasteiger partial charge >= 0.3 is 0 Å². The van der Waals surface area contributed by atoms with Gasteiger partial charge in [-0.25, -0.2) is 9.37 Å². The summed E-state index contributed by atoms with van der Waals surface area (Å²) < 4.78 is 13.0. The average Bonchev–Trinajstić information content (AvgIpc) is 2.87. The molecule has 6 heteroatoms. The van der Waals surface area contributed by atoms with Crippen LogP contribution in [0.2, 0.25) is 0 Å². The van der Waals surface area contributed by atoms with Gasteiger partial charge in [0.15, 0.2) is 0 Å². The van der Waals surface area contributed by atoms with Crippen molar-refractivity contribution in [3.05, 3.63) is 42.0 Å². The number of aryl methyl sites for hydroxylation is 1. The fourth-order valence-electron chi connectivity index (χ4n) is 1.71. The molecule has 2 aromatic rings. The number of hydrogen-bond acceptors (Lipinski definition) is 4.